The van der Waals surface area contributed by atoms with Crippen LogP contribution in [0, 0.1) is 0 Å². The van der Waals surface area contributed by atoms with Crippen molar-refractivity contribution >= 4 is 0 Å². The highest BCUT2D eigenvalue weighted by molar-refractivity contribution is 5.04. The van der Waals surface area contributed by atoms with Crippen molar-refractivity contribution in [2.45, 2.75) is 30.7 Å². The minimum Gasteiger partial charge on any atom is -0.382 e. The lowest BCUT2D eigenvalue weighted by atomic mass is 10.1. The summed E-state index contributed by atoms with van der Waals surface area (Å²) in [6, 6.07) is 0. The summed E-state index contributed by atoms with van der Waals surface area (Å²) < 4.78 is 32.5. The van der Waals surface area contributed by atoms with Gasteiger partial charge in [-0.25, -0.2) is 0 Å². The monoisotopic (exact) mass is 246 g/mol. The van der Waals surface area contributed by atoms with Crippen LogP contribution in [0.4, 0.5) is 0 Å². The van der Waals surface area contributed by atoms with E-state index in [1.54, 1.807) is 7.11 Å². The van der Waals surface area contributed by atoms with E-state index in [0.29, 0.717) is 33.0 Å². The molecule has 0 aromatic carbocycles. The van der Waals surface area contributed by atoms with Crippen LogP contribution >= 0.6 is 0 Å². The Bertz CT molecular complexity index is 260. The van der Waals surface area contributed by atoms with E-state index in [9.17, 15) is 0 Å². The lowest BCUT2D eigenvalue weighted by Gasteiger charge is -2.24. The molecular formula is C11H18O6. The molecule has 0 aromatic heterocycles. The summed E-state index contributed by atoms with van der Waals surface area (Å²) in [7, 11) is 1.65. The fraction of sp³-hybridized carbons (Fsp3) is 1.00. The van der Waals surface area contributed by atoms with Crippen LogP contribution in [0.5, 0.6) is 0 Å². The Balaban J connectivity index is 1.35. The molecule has 5 atom stereocenters. The van der Waals surface area contributed by atoms with Crippen LogP contribution in [0.1, 0.15) is 0 Å². The van der Waals surface area contributed by atoms with Crippen LogP contribution in [0.2, 0.25) is 0 Å². The molecule has 98 valence electrons. The average molecular weight is 246 g/mol. The molecule has 6 heteroatoms. The molecule has 0 radical (unpaired) electrons. The third-order valence-corrected chi connectivity index (χ3v) is 3.22. The third kappa shape index (κ3) is 2.47. The first-order valence-electron chi connectivity index (χ1n) is 6.01. The minimum absolute atomic E-state index is 0.00947. The minimum atomic E-state index is -0.164. The Morgan fingerprint density at radius 3 is 2.82 bits per heavy atom. The summed E-state index contributed by atoms with van der Waals surface area (Å²) in [5, 5.41) is 0. The Kier molecular flexibility index (Phi) is 3.60. The molecule has 0 aromatic rings. The fourth-order valence-corrected chi connectivity index (χ4v) is 2.31. The molecule has 0 saturated carbocycles. The smallest absolute Gasteiger partial charge is 0.187 e. The highest BCUT2D eigenvalue weighted by Gasteiger charge is 2.62. The lowest BCUT2D eigenvalue weighted by molar-refractivity contribution is -0.123. The van der Waals surface area contributed by atoms with E-state index >= 15 is 0 Å². The van der Waals surface area contributed by atoms with Gasteiger partial charge in [-0.1, -0.05) is 0 Å². The molecule has 0 spiro atoms. The van der Waals surface area contributed by atoms with Crippen LogP contribution in [-0.2, 0) is 28.4 Å². The summed E-state index contributed by atoms with van der Waals surface area (Å²) in [4.78, 5) is 0. The van der Waals surface area contributed by atoms with Crippen molar-refractivity contribution < 1.29 is 28.4 Å². The van der Waals surface area contributed by atoms with E-state index in [-0.39, 0.29) is 30.7 Å². The maximum absolute atomic E-state index is 5.75. The second-order valence-electron chi connectivity index (χ2n) is 4.38. The molecule has 3 saturated heterocycles. The molecule has 6 nitrogen and oxygen atoms in total. The highest BCUT2D eigenvalue weighted by Crippen LogP contribution is 2.42. The topological polar surface area (TPSA) is 58.7 Å². The molecule has 0 unspecified atom stereocenters. The number of methoxy groups -OCH3 is 1. The van der Waals surface area contributed by atoms with E-state index in [1.807, 2.05) is 0 Å². The predicted octanol–water partition coefficient (Wildman–Crippen LogP) is -0.443. The van der Waals surface area contributed by atoms with Gasteiger partial charge in [0.15, 0.2) is 6.29 Å². The van der Waals surface area contributed by atoms with Crippen LogP contribution in [0.25, 0.3) is 0 Å². The highest BCUT2D eigenvalue weighted by atomic mass is 16.8. The van der Waals surface area contributed by atoms with Crippen molar-refractivity contribution in [3.8, 4) is 0 Å². The summed E-state index contributed by atoms with van der Waals surface area (Å²) in [5.41, 5.74) is 0. The van der Waals surface area contributed by atoms with Crippen LogP contribution in [0.3, 0.4) is 0 Å². The van der Waals surface area contributed by atoms with E-state index in [1.165, 1.54) is 0 Å². The van der Waals surface area contributed by atoms with Gasteiger partial charge in [-0.3, -0.25) is 0 Å². The normalized spacial score (nSPS) is 42.5. The molecular weight excluding hydrogens is 228 g/mol. The molecule has 2 bridgehead atoms. The molecule has 3 fully saturated rings. The van der Waals surface area contributed by atoms with Crippen molar-refractivity contribution in [3.05, 3.63) is 0 Å². The van der Waals surface area contributed by atoms with Crippen LogP contribution < -0.4 is 0 Å². The van der Waals surface area contributed by atoms with Crippen LogP contribution in [-0.4, -0.2) is 70.9 Å². The predicted molar refractivity (Wildman–Crippen MR) is 55.7 cm³/mol. The zero-order chi connectivity index (χ0) is 11.7. The first-order chi connectivity index (χ1) is 8.40. The van der Waals surface area contributed by atoms with Gasteiger partial charge in [-0.05, 0) is 0 Å². The zero-order valence-corrected chi connectivity index (χ0v) is 9.87. The zero-order valence-electron chi connectivity index (χ0n) is 9.87. The van der Waals surface area contributed by atoms with Crippen molar-refractivity contribution in [2.75, 3.05) is 40.1 Å². The molecule has 3 aliphatic rings. The van der Waals surface area contributed by atoms with Gasteiger partial charge in [0.25, 0.3) is 0 Å². The molecule has 3 aliphatic heterocycles. The van der Waals surface area contributed by atoms with E-state index in [0.717, 1.165) is 0 Å². The number of ether oxygens (including phenoxy) is 6. The molecule has 0 N–H and O–H groups in total. The largest absolute Gasteiger partial charge is 0.382 e. The van der Waals surface area contributed by atoms with Gasteiger partial charge in [0.2, 0.25) is 0 Å². The van der Waals surface area contributed by atoms with E-state index < -0.39 is 0 Å². The maximum atomic E-state index is 5.75. The molecule has 0 amide bonds. The van der Waals surface area contributed by atoms with Gasteiger partial charge in [-0.15, -0.1) is 0 Å². The second-order valence-corrected chi connectivity index (χ2v) is 4.38. The van der Waals surface area contributed by atoms with Crippen molar-refractivity contribution in [1.82, 2.24) is 0 Å². The summed E-state index contributed by atoms with van der Waals surface area (Å²) >= 11 is 0. The quantitative estimate of drug-likeness (QED) is 0.448. The number of epoxide rings is 1. The second kappa shape index (κ2) is 5.17. The molecule has 3 heterocycles. The number of fused-ring (bicyclic) bond motifs is 4. The number of hydrogen-bond acceptors (Lipinski definition) is 6. The Labute approximate surface area is 100 Å². The van der Waals surface area contributed by atoms with Gasteiger partial charge < -0.3 is 28.4 Å². The standard InChI is InChI=1S/C11H18O6/c1-12-2-3-13-4-5-14-8-7-6-15-11(16-7)10-9(8)17-10/h7-11H,2-6H2,1H3/t7-,8-,9+,10+,11-/m1/s1. The molecule has 0 aliphatic carbocycles. The summed E-state index contributed by atoms with van der Waals surface area (Å²) in [6.07, 6.45) is 0.0729. The Morgan fingerprint density at radius 1 is 1.06 bits per heavy atom. The third-order valence-electron chi connectivity index (χ3n) is 3.22. The van der Waals surface area contributed by atoms with Crippen molar-refractivity contribution in [3.63, 3.8) is 0 Å². The average Bonchev–Trinajstić information content (AvgIpc) is 3.02. The van der Waals surface area contributed by atoms with Crippen molar-refractivity contribution in [2.24, 2.45) is 0 Å². The van der Waals surface area contributed by atoms with Gasteiger partial charge in [0.1, 0.15) is 24.4 Å². The van der Waals surface area contributed by atoms with E-state index in [4.69, 9.17) is 28.4 Å². The van der Waals surface area contributed by atoms with Gasteiger partial charge in [0, 0.05) is 7.11 Å². The molecule has 17 heavy (non-hydrogen) atoms. The summed E-state index contributed by atoms with van der Waals surface area (Å²) in [6.45, 7) is 2.92. The van der Waals surface area contributed by atoms with Gasteiger partial charge in [0.05, 0.1) is 33.0 Å². The first-order valence-corrected chi connectivity index (χ1v) is 6.01. The van der Waals surface area contributed by atoms with Crippen molar-refractivity contribution in [1.29, 1.82) is 0 Å². The van der Waals surface area contributed by atoms with Crippen LogP contribution in [0.15, 0.2) is 0 Å². The lowest BCUT2D eigenvalue weighted by Crippen LogP contribution is -2.42. The Hall–Kier alpha value is -0.240. The van der Waals surface area contributed by atoms with Gasteiger partial charge >= 0.3 is 0 Å². The maximum Gasteiger partial charge on any atom is 0.187 e. The molecule has 3 rings (SSSR count). The summed E-state index contributed by atoms with van der Waals surface area (Å²) in [5.74, 6) is 0. The number of rotatable bonds is 7. The number of hydrogen-bond donors (Lipinski definition) is 0. The SMILES string of the molecule is COCCOCCO[C@H]1[C@@H]2O[C@@H]2[C@@H]2OC[C@H]1O2. The fourth-order valence-electron chi connectivity index (χ4n) is 2.31. The first kappa shape index (κ1) is 11.8. The Morgan fingerprint density at radius 2 is 1.94 bits per heavy atom. The van der Waals surface area contributed by atoms with Gasteiger partial charge in [-0.2, -0.15) is 0 Å². The van der Waals surface area contributed by atoms with E-state index in [2.05, 4.69) is 0 Å².